The van der Waals surface area contributed by atoms with E-state index in [1.54, 1.807) is 11.7 Å². The van der Waals surface area contributed by atoms with Crippen LogP contribution in [0, 0.1) is 6.92 Å². The Kier molecular flexibility index (Phi) is 6.74. The van der Waals surface area contributed by atoms with Gasteiger partial charge in [0, 0.05) is 25.1 Å². The number of aromatic nitrogens is 2. The Bertz CT molecular complexity index is 1250. The van der Waals surface area contributed by atoms with Crippen molar-refractivity contribution in [2.45, 2.75) is 37.1 Å². The number of hydrogen-bond donors (Lipinski definition) is 1. The highest BCUT2D eigenvalue weighted by Gasteiger charge is 2.32. The first-order chi connectivity index (χ1) is 15.9. The molecule has 1 aromatic heterocycles. The molecule has 0 aliphatic carbocycles. The van der Waals surface area contributed by atoms with Gasteiger partial charge >= 0.3 is 0 Å². The van der Waals surface area contributed by atoms with E-state index in [9.17, 15) is 9.59 Å². The van der Waals surface area contributed by atoms with Crippen LogP contribution >= 0.6 is 11.8 Å². The lowest BCUT2D eigenvalue weighted by molar-refractivity contribution is -0.116. The minimum Gasteiger partial charge on any atom is -0.493 e. The van der Waals surface area contributed by atoms with Crippen molar-refractivity contribution in [3.63, 3.8) is 0 Å². The number of aryl methyl sites for hydroxylation is 1. The predicted molar refractivity (Wildman–Crippen MR) is 129 cm³/mol. The van der Waals surface area contributed by atoms with E-state index in [1.165, 1.54) is 17.3 Å². The second-order valence-corrected chi connectivity index (χ2v) is 8.89. The van der Waals surface area contributed by atoms with Crippen molar-refractivity contribution < 1.29 is 14.3 Å². The van der Waals surface area contributed by atoms with Crippen LogP contribution in [0.5, 0.6) is 11.5 Å². The Labute approximate surface area is 197 Å². The monoisotopic (exact) mass is 465 g/mol. The minimum absolute atomic E-state index is 0.142. The number of anilines is 1. The standard InChI is InChI=1S/C25H27N3O4S/c1-5-32-19-10-9-17(12-20(19)31-4)18-13-21(29)26-23-22(18)24(30)27-25(28(23)3)33-14-16-8-6-7-15(2)11-16/h6-12,18H,5,13-14H2,1-4H3,(H,26,29). The lowest BCUT2D eigenvalue weighted by Gasteiger charge is -2.28. The molecule has 0 fully saturated rings. The molecule has 2 aromatic carbocycles. The first-order valence-electron chi connectivity index (χ1n) is 10.8. The van der Waals surface area contributed by atoms with Gasteiger partial charge in [0.2, 0.25) is 5.91 Å². The zero-order chi connectivity index (χ0) is 23.5. The van der Waals surface area contributed by atoms with Crippen LogP contribution in [-0.4, -0.2) is 29.2 Å². The van der Waals surface area contributed by atoms with Crippen LogP contribution in [0.3, 0.4) is 0 Å². The maximum Gasteiger partial charge on any atom is 0.279 e. The molecule has 0 saturated carbocycles. The number of ether oxygens (including phenoxy) is 2. The molecule has 0 bridgehead atoms. The first kappa shape index (κ1) is 22.9. The number of methoxy groups -OCH3 is 1. The summed E-state index contributed by atoms with van der Waals surface area (Å²) in [6.45, 7) is 4.46. The van der Waals surface area contributed by atoms with Crippen LogP contribution in [0.15, 0.2) is 52.4 Å². The third-order valence-electron chi connectivity index (χ3n) is 5.64. The molecule has 8 heteroatoms. The van der Waals surface area contributed by atoms with Gasteiger partial charge in [0.1, 0.15) is 5.82 Å². The van der Waals surface area contributed by atoms with Crippen LogP contribution in [0.4, 0.5) is 5.82 Å². The highest BCUT2D eigenvalue weighted by atomic mass is 32.2. The van der Waals surface area contributed by atoms with Gasteiger partial charge in [-0.3, -0.25) is 9.59 Å². The quantitative estimate of drug-likeness (QED) is 0.415. The lowest BCUT2D eigenvalue weighted by atomic mass is 9.86. The lowest BCUT2D eigenvalue weighted by Crippen LogP contribution is -2.33. The number of carbonyl (C=O) groups excluding carboxylic acids is 1. The molecule has 1 aliphatic heterocycles. The van der Waals surface area contributed by atoms with Crippen LogP contribution < -0.4 is 20.3 Å². The molecule has 33 heavy (non-hydrogen) atoms. The van der Waals surface area contributed by atoms with Crippen molar-refractivity contribution in [2.24, 2.45) is 7.05 Å². The molecule has 1 aliphatic rings. The van der Waals surface area contributed by atoms with Gasteiger partial charge in [-0.15, -0.1) is 0 Å². The van der Waals surface area contributed by atoms with Crippen LogP contribution in [0.2, 0.25) is 0 Å². The third kappa shape index (κ3) is 4.75. The molecule has 1 atom stereocenters. The second-order valence-electron chi connectivity index (χ2n) is 7.95. The topological polar surface area (TPSA) is 82.5 Å². The number of carbonyl (C=O) groups is 1. The fourth-order valence-corrected chi connectivity index (χ4v) is 4.98. The van der Waals surface area contributed by atoms with Crippen molar-refractivity contribution in [1.82, 2.24) is 9.55 Å². The van der Waals surface area contributed by atoms with Crippen LogP contribution in [-0.2, 0) is 17.6 Å². The summed E-state index contributed by atoms with van der Waals surface area (Å²) in [7, 11) is 3.40. The minimum atomic E-state index is -0.416. The van der Waals surface area contributed by atoms with Gasteiger partial charge < -0.3 is 19.4 Å². The number of fused-ring (bicyclic) bond motifs is 1. The summed E-state index contributed by atoms with van der Waals surface area (Å²) >= 11 is 1.47. The molecule has 1 N–H and O–H groups in total. The Hall–Kier alpha value is -3.26. The summed E-state index contributed by atoms with van der Waals surface area (Å²) in [6, 6.07) is 13.7. The van der Waals surface area contributed by atoms with E-state index in [0.717, 1.165) is 11.1 Å². The average molecular weight is 466 g/mol. The average Bonchev–Trinajstić information content (AvgIpc) is 2.80. The van der Waals surface area contributed by atoms with Gasteiger partial charge in [-0.1, -0.05) is 47.7 Å². The maximum absolute atomic E-state index is 13.2. The molecule has 172 valence electrons. The second kappa shape index (κ2) is 9.70. The number of rotatable bonds is 7. The Morgan fingerprint density at radius 3 is 2.73 bits per heavy atom. The van der Waals surface area contributed by atoms with E-state index in [0.29, 0.717) is 40.4 Å². The predicted octanol–water partition coefficient (Wildman–Crippen LogP) is 4.26. The van der Waals surface area contributed by atoms with Gasteiger partial charge in [0.15, 0.2) is 16.7 Å². The van der Waals surface area contributed by atoms with Crippen molar-refractivity contribution in [1.29, 1.82) is 0 Å². The number of amides is 1. The summed E-state index contributed by atoms with van der Waals surface area (Å²) in [6.07, 6.45) is 0.164. The number of nitrogens with zero attached hydrogens (tertiary/aromatic N) is 2. The molecule has 2 heterocycles. The molecule has 4 rings (SSSR count). The van der Waals surface area contributed by atoms with Crippen molar-refractivity contribution >= 4 is 23.5 Å². The van der Waals surface area contributed by atoms with Gasteiger partial charge in [-0.05, 0) is 37.1 Å². The van der Waals surface area contributed by atoms with Crippen molar-refractivity contribution in [2.75, 3.05) is 19.0 Å². The number of hydrogen-bond acceptors (Lipinski definition) is 6. The number of thioether (sulfide) groups is 1. The molecule has 0 saturated heterocycles. The van der Waals surface area contributed by atoms with Gasteiger partial charge in [0.25, 0.3) is 5.56 Å². The zero-order valence-corrected chi connectivity index (χ0v) is 20.0. The van der Waals surface area contributed by atoms with Gasteiger partial charge in [0.05, 0.1) is 19.3 Å². The fourth-order valence-electron chi connectivity index (χ4n) is 4.07. The number of benzene rings is 2. The summed E-state index contributed by atoms with van der Waals surface area (Å²) in [5.41, 5.74) is 3.30. The summed E-state index contributed by atoms with van der Waals surface area (Å²) in [5, 5.41) is 3.45. The summed E-state index contributed by atoms with van der Waals surface area (Å²) < 4.78 is 12.9. The highest BCUT2D eigenvalue weighted by molar-refractivity contribution is 7.98. The van der Waals surface area contributed by atoms with E-state index in [1.807, 2.05) is 57.3 Å². The smallest absolute Gasteiger partial charge is 0.279 e. The Morgan fingerprint density at radius 1 is 1.18 bits per heavy atom. The third-order valence-corrected chi connectivity index (χ3v) is 6.74. The molecule has 0 radical (unpaired) electrons. The number of nitrogens with one attached hydrogen (secondary N) is 1. The molecular weight excluding hydrogens is 438 g/mol. The normalized spacial score (nSPS) is 15.0. The molecular formula is C25H27N3O4S. The van der Waals surface area contributed by atoms with E-state index >= 15 is 0 Å². The SMILES string of the molecule is CCOc1ccc(C2CC(=O)Nc3c2c(=O)nc(SCc2cccc(C)c2)n3C)cc1OC. The van der Waals surface area contributed by atoms with E-state index < -0.39 is 5.92 Å². The zero-order valence-electron chi connectivity index (χ0n) is 19.2. The fraction of sp³-hybridized carbons (Fsp3) is 0.320. The van der Waals surface area contributed by atoms with Crippen LogP contribution in [0.25, 0.3) is 0 Å². The van der Waals surface area contributed by atoms with Gasteiger partial charge in [-0.2, -0.15) is 4.98 Å². The largest absolute Gasteiger partial charge is 0.493 e. The maximum atomic E-state index is 13.2. The molecule has 1 unspecified atom stereocenters. The highest BCUT2D eigenvalue weighted by Crippen LogP contribution is 2.39. The molecule has 3 aromatic rings. The molecule has 7 nitrogen and oxygen atoms in total. The Morgan fingerprint density at radius 2 is 2.00 bits per heavy atom. The summed E-state index contributed by atoms with van der Waals surface area (Å²) in [5.74, 6) is 1.80. The Balaban J connectivity index is 1.71. The first-order valence-corrected chi connectivity index (χ1v) is 11.8. The van der Waals surface area contributed by atoms with Gasteiger partial charge in [-0.25, -0.2) is 0 Å². The molecule has 0 spiro atoms. The van der Waals surface area contributed by atoms with E-state index in [2.05, 4.69) is 16.4 Å². The summed E-state index contributed by atoms with van der Waals surface area (Å²) in [4.78, 5) is 30.2. The van der Waals surface area contributed by atoms with Crippen molar-refractivity contribution in [3.05, 3.63) is 75.1 Å². The van der Waals surface area contributed by atoms with Crippen LogP contribution in [0.1, 0.15) is 41.5 Å². The molecule has 1 amide bonds. The van der Waals surface area contributed by atoms with Crippen molar-refractivity contribution in [3.8, 4) is 11.5 Å². The van der Waals surface area contributed by atoms with E-state index in [-0.39, 0.29) is 17.9 Å². The van der Waals surface area contributed by atoms with E-state index in [4.69, 9.17) is 9.47 Å².